The number of aliphatic carboxylic acids is 3. The molecule has 0 N–H and O–H groups in total. The van der Waals surface area contributed by atoms with Gasteiger partial charge in [0.05, 0.1) is 0 Å². The summed E-state index contributed by atoms with van der Waals surface area (Å²) in [6, 6.07) is 0. The van der Waals surface area contributed by atoms with Crippen molar-refractivity contribution >= 4 is 21.8 Å². The summed E-state index contributed by atoms with van der Waals surface area (Å²) in [5, 5.41) is 33.2. The zero-order valence-electron chi connectivity index (χ0n) is 17.2. The molecule has 0 aromatic rings. The minimum absolute atomic E-state index is 0. The first-order valence-corrected chi connectivity index (χ1v) is 11.2. The summed E-state index contributed by atoms with van der Waals surface area (Å²) >= 11 is 1.41. The molecule has 1 heterocycles. The third-order valence-electron chi connectivity index (χ3n) is 4.78. The van der Waals surface area contributed by atoms with Gasteiger partial charge in [-0.25, -0.2) is 0 Å². The maximum Gasteiger partial charge on any atom is 0 e. The zero-order chi connectivity index (χ0) is 21.8. The van der Waals surface area contributed by atoms with E-state index in [-0.39, 0.29) is 59.6 Å². The molecule has 1 fully saturated rings. The third-order valence-corrected chi connectivity index (χ3v) is 6.28. The van der Waals surface area contributed by atoms with E-state index in [9.17, 15) is 29.7 Å². The van der Waals surface area contributed by atoms with E-state index < -0.39 is 17.9 Å². The van der Waals surface area contributed by atoms with E-state index in [1.54, 1.807) is 14.7 Å². The van der Waals surface area contributed by atoms with Crippen LogP contribution in [0, 0.1) is 39.9 Å². The molecule has 1 aliphatic rings. The van der Waals surface area contributed by atoms with Crippen LogP contribution in [0.4, 0.5) is 0 Å². The molecular formula is C18H29GdN4O6W-3. The predicted molar refractivity (Wildman–Crippen MR) is 96.1 cm³/mol. The quantitative estimate of drug-likeness (QED) is 0.226. The van der Waals surface area contributed by atoms with Gasteiger partial charge >= 0.3 is 182 Å². The van der Waals surface area contributed by atoms with Gasteiger partial charge in [-0.1, -0.05) is 0 Å². The molecule has 1 saturated heterocycles. The smallest absolute Gasteiger partial charge is 0 e. The SMILES string of the molecule is CC[C](=[W])CN1CCN(CC(=O)[O-])CCN(CC(=O)[O-])CCN(CC(=O)[O-])CC1.[Gd]. The van der Waals surface area contributed by atoms with Gasteiger partial charge in [-0.05, 0) is 0 Å². The second kappa shape index (κ2) is 16.7. The fraction of sp³-hybridized carbons (Fsp3) is 0.778. The molecule has 0 spiro atoms. The summed E-state index contributed by atoms with van der Waals surface area (Å²) in [4.78, 5) is 40.6. The first-order chi connectivity index (χ1) is 13.7. The van der Waals surface area contributed by atoms with Crippen LogP contribution in [0.15, 0.2) is 0 Å². The Balaban J connectivity index is 0.00000841. The second-order valence-corrected chi connectivity index (χ2v) is 9.19. The van der Waals surface area contributed by atoms with Crippen LogP contribution < -0.4 is 15.3 Å². The molecule has 0 amide bonds. The Labute approximate surface area is 220 Å². The van der Waals surface area contributed by atoms with Gasteiger partial charge in [0.1, 0.15) is 0 Å². The maximum absolute atomic E-state index is 11.1. The molecule has 1 rings (SSSR count). The van der Waals surface area contributed by atoms with E-state index in [2.05, 4.69) is 11.8 Å². The van der Waals surface area contributed by atoms with Gasteiger partial charge in [0.15, 0.2) is 0 Å². The number of hydrogen-bond acceptors (Lipinski definition) is 10. The maximum atomic E-state index is 11.1. The van der Waals surface area contributed by atoms with Crippen molar-refractivity contribution in [1.29, 1.82) is 0 Å². The molecule has 1 aliphatic heterocycles. The van der Waals surface area contributed by atoms with Gasteiger partial charge in [-0.3, -0.25) is 0 Å². The first kappa shape index (κ1) is 30.1. The summed E-state index contributed by atoms with van der Waals surface area (Å²) in [7, 11) is 0. The van der Waals surface area contributed by atoms with Gasteiger partial charge in [0.2, 0.25) is 0 Å². The van der Waals surface area contributed by atoms with Crippen LogP contribution in [0.5, 0.6) is 0 Å². The predicted octanol–water partition coefficient (Wildman–Crippen LogP) is -5.41. The Morgan fingerprint density at radius 1 is 0.633 bits per heavy atom. The van der Waals surface area contributed by atoms with Crippen LogP contribution in [-0.4, -0.2) is 120 Å². The van der Waals surface area contributed by atoms with Gasteiger partial charge in [0, 0.05) is 39.9 Å². The number of carboxylic acids is 3. The molecule has 0 radical (unpaired) electrons. The first-order valence-electron chi connectivity index (χ1n) is 9.70. The zero-order valence-corrected chi connectivity index (χ0v) is 22.4. The summed E-state index contributed by atoms with van der Waals surface area (Å²) in [6.07, 6.45) is 0.968. The molecule has 0 saturated carbocycles. The molecule has 0 bridgehead atoms. The molecule has 12 heteroatoms. The molecule has 0 aromatic heterocycles. The van der Waals surface area contributed by atoms with E-state index >= 15 is 0 Å². The van der Waals surface area contributed by atoms with Crippen molar-refractivity contribution in [1.82, 2.24) is 19.6 Å². The van der Waals surface area contributed by atoms with Crippen molar-refractivity contribution in [3.05, 3.63) is 0 Å². The van der Waals surface area contributed by atoms with Gasteiger partial charge < -0.3 is 0 Å². The number of carbonyl (C=O) groups excluding carboxylic acids is 3. The number of nitrogens with zero attached hydrogens (tertiary/aromatic N) is 4. The van der Waals surface area contributed by atoms with Crippen LogP contribution in [0.25, 0.3) is 0 Å². The number of hydrogen-bond donors (Lipinski definition) is 0. The fourth-order valence-electron chi connectivity index (χ4n) is 3.12. The molecule has 0 unspecified atom stereocenters. The average molecular weight is 739 g/mol. The molecule has 0 atom stereocenters. The molecule has 10 nitrogen and oxygen atoms in total. The molecule has 0 aromatic carbocycles. The van der Waals surface area contributed by atoms with Crippen LogP contribution in [0.2, 0.25) is 0 Å². The van der Waals surface area contributed by atoms with Crippen molar-refractivity contribution in [2.75, 3.05) is 78.5 Å². The molecule has 30 heavy (non-hydrogen) atoms. The van der Waals surface area contributed by atoms with Crippen molar-refractivity contribution in [3.63, 3.8) is 0 Å². The standard InChI is InChI=1S/C18H32N4O6.Gd.W/c1-2-3-4-19-5-7-20(13-16(23)24)9-11-22(15-18(27)28)12-10-21(8-6-19)14-17(25)26;;/h2,4-15H2,1H3,(H,23,24)(H,25,26)(H,27,28);;/p-3. The van der Waals surface area contributed by atoms with Crippen molar-refractivity contribution in [2.45, 2.75) is 13.3 Å². The van der Waals surface area contributed by atoms with E-state index in [1.807, 2.05) is 0 Å². The topological polar surface area (TPSA) is 133 Å². The Morgan fingerprint density at radius 3 is 1.07 bits per heavy atom. The second-order valence-electron chi connectivity index (χ2n) is 7.11. The van der Waals surface area contributed by atoms with E-state index in [4.69, 9.17) is 0 Å². The summed E-state index contributed by atoms with van der Waals surface area (Å²) < 4.78 is 1.37. The minimum atomic E-state index is -1.23. The minimum Gasteiger partial charge on any atom is 0 e. The molecular weight excluding hydrogens is 709 g/mol. The summed E-state index contributed by atoms with van der Waals surface area (Å²) in [5.74, 6) is -3.57. The summed E-state index contributed by atoms with van der Waals surface area (Å²) in [6.45, 7) is 5.84. The van der Waals surface area contributed by atoms with E-state index in [0.717, 1.165) is 13.0 Å². The number of carbonyl (C=O) groups is 3. The van der Waals surface area contributed by atoms with Crippen molar-refractivity contribution in [2.24, 2.45) is 0 Å². The van der Waals surface area contributed by atoms with Gasteiger partial charge in [0.25, 0.3) is 0 Å². The fourth-order valence-corrected chi connectivity index (χ4v) is 3.78. The Kier molecular flexibility index (Phi) is 16.8. The summed E-state index contributed by atoms with van der Waals surface area (Å²) in [5.41, 5.74) is 0. The van der Waals surface area contributed by atoms with Gasteiger partial charge in [-0.15, -0.1) is 0 Å². The van der Waals surface area contributed by atoms with Crippen LogP contribution in [0.1, 0.15) is 13.3 Å². The average Bonchev–Trinajstić information content (AvgIpc) is 2.62. The van der Waals surface area contributed by atoms with Crippen molar-refractivity contribution < 1.29 is 89.0 Å². The van der Waals surface area contributed by atoms with E-state index in [0.29, 0.717) is 52.4 Å². The van der Waals surface area contributed by atoms with Gasteiger partial charge in [-0.2, -0.15) is 0 Å². The van der Waals surface area contributed by atoms with Crippen molar-refractivity contribution in [3.8, 4) is 0 Å². The molecule has 0 aliphatic carbocycles. The monoisotopic (exact) mass is 739 g/mol. The normalized spacial score (nSPS) is 18.6. The number of rotatable bonds is 9. The Morgan fingerprint density at radius 2 is 0.867 bits per heavy atom. The van der Waals surface area contributed by atoms with Crippen LogP contribution in [0.3, 0.4) is 0 Å². The largest absolute Gasteiger partial charge is 0 e. The molecule has 174 valence electrons. The Bertz CT molecular complexity index is 551. The number of carboxylic acid groups (broad SMARTS) is 3. The Hall–Kier alpha value is 0.133. The third kappa shape index (κ3) is 14.2. The van der Waals surface area contributed by atoms with Crippen LogP contribution >= 0.6 is 0 Å². The van der Waals surface area contributed by atoms with E-state index in [1.165, 1.54) is 23.3 Å². The van der Waals surface area contributed by atoms with Crippen LogP contribution in [-0.2, 0) is 33.7 Å².